The summed E-state index contributed by atoms with van der Waals surface area (Å²) >= 11 is 1.37. The third kappa shape index (κ3) is 4.27. The fourth-order valence-corrected chi connectivity index (χ4v) is 4.10. The van der Waals surface area contributed by atoms with Crippen LogP contribution in [0.4, 0.5) is 5.69 Å². The lowest BCUT2D eigenvalue weighted by molar-refractivity contribution is -0.129. The Morgan fingerprint density at radius 1 is 1.19 bits per heavy atom. The zero-order valence-electron chi connectivity index (χ0n) is 15.4. The van der Waals surface area contributed by atoms with Crippen LogP contribution in [0.3, 0.4) is 0 Å². The standard InChI is InChI=1S/C21H23N3O2S/c1-15-6-2-3-7-17(15)22-16-10-12-24(13-11-16)20(25)14-27-21-23-18-8-4-5-9-19(18)26-21/h2-9,16,22H,10-14H2,1H3. The van der Waals surface area contributed by atoms with E-state index in [9.17, 15) is 4.79 Å². The number of rotatable bonds is 5. The van der Waals surface area contributed by atoms with Gasteiger partial charge in [-0.15, -0.1) is 0 Å². The van der Waals surface area contributed by atoms with Crippen molar-refractivity contribution < 1.29 is 9.21 Å². The van der Waals surface area contributed by atoms with Crippen molar-refractivity contribution in [3.8, 4) is 0 Å². The van der Waals surface area contributed by atoms with Gasteiger partial charge < -0.3 is 14.6 Å². The van der Waals surface area contributed by atoms with E-state index < -0.39 is 0 Å². The molecule has 5 nitrogen and oxygen atoms in total. The number of aromatic nitrogens is 1. The number of benzene rings is 2. The van der Waals surface area contributed by atoms with Crippen LogP contribution in [-0.4, -0.2) is 40.7 Å². The minimum Gasteiger partial charge on any atom is -0.431 e. The fourth-order valence-electron chi connectivity index (χ4n) is 3.36. The number of carbonyl (C=O) groups is 1. The van der Waals surface area contributed by atoms with Gasteiger partial charge in [-0.2, -0.15) is 0 Å². The van der Waals surface area contributed by atoms with Crippen molar-refractivity contribution in [3.63, 3.8) is 0 Å². The Balaban J connectivity index is 1.26. The maximum atomic E-state index is 12.5. The average Bonchev–Trinajstić information content (AvgIpc) is 3.11. The number of carbonyl (C=O) groups excluding carboxylic acids is 1. The van der Waals surface area contributed by atoms with E-state index in [1.165, 1.54) is 23.0 Å². The van der Waals surface area contributed by atoms with E-state index in [-0.39, 0.29) is 5.91 Å². The average molecular weight is 382 g/mol. The van der Waals surface area contributed by atoms with Crippen molar-refractivity contribution in [2.45, 2.75) is 31.0 Å². The van der Waals surface area contributed by atoms with Crippen LogP contribution >= 0.6 is 11.8 Å². The quantitative estimate of drug-likeness (QED) is 0.667. The van der Waals surface area contributed by atoms with E-state index >= 15 is 0 Å². The molecule has 3 aromatic rings. The Kier molecular flexibility index (Phi) is 5.34. The topological polar surface area (TPSA) is 58.4 Å². The highest BCUT2D eigenvalue weighted by atomic mass is 32.2. The number of nitrogens with zero attached hydrogens (tertiary/aromatic N) is 2. The zero-order valence-corrected chi connectivity index (χ0v) is 16.2. The first-order valence-corrected chi connectivity index (χ1v) is 10.3. The molecule has 1 aromatic heterocycles. The van der Waals surface area contributed by atoms with Gasteiger partial charge >= 0.3 is 0 Å². The lowest BCUT2D eigenvalue weighted by Crippen LogP contribution is -2.43. The summed E-state index contributed by atoms with van der Waals surface area (Å²) in [4.78, 5) is 18.9. The zero-order chi connectivity index (χ0) is 18.6. The van der Waals surface area contributed by atoms with Crippen LogP contribution in [0.15, 0.2) is 58.2 Å². The van der Waals surface area contributed by atoms with Crippen molar-refractivity contribution in [3.05, 3.63) is 54.1 Å². The summed E-state index contributed by atoms with van der Waals surface area (Å²) in [5.41, 5.74) is 4.03. The Labute approximate surface area is 163 Å². The fraction of sp³-hybridized carbons (Fsp3) is 0.333. The van der Waals surface area contributed by atoms with Gasteiger partial charge in [0.05, 0.1) is 5.75 Å². The Bertz CT molecular complexity index is 899. The molecule has 1 saturated heterocycles. The number of oxazole rings is 1. The molecule has 2 heterocycles. The third-order valence-corrected chi connectivity index (χ3v) is 5.76. The van der Waals surface area contributed by atoms with Gasteiger partial charge in [0.15, 0.2) is 5.58 Å². The number of hydrogen-bond donors (Lipinski definition) is 1. The number of hydrogen-bond acceptors (Lipinski definition) is 5. The van der Waals surface area contributed by atoms with Gasteiger partial charge in [0, 0.05) is 24.8 Å². The van der Waals surface area contributed by atoms with Crippen LogP contribution in [0.1, 0.15) is 18.4 Å². The molecule has 0 unspecified atom stereocenters. The van der Waals surface area contributed by atoms with Crippen LogP contribution in [0.2, 0.25) is 0 Å². The molecule has 2 aromatic carbocycles. The second-order valence-corrected chi connectivity index (χ2v) is 7.78. The van der Waals surface area contributed by atoms with E-state index in [1.807, 2.05) is 29.2 Å². The first-order valence-electron chi connectivity index (χ1n) is 9.27. The van der Waals surface area contributed by atoms with Crippen LogP contribution < -0.4 is 5.32 Å². The number of piperidine rings is 1. The maximum absolute atomic E-state index is 12.5. The lowest BCUT2D eigenvalue weighted by atomic mass is 10.0. The highest BCUT2D eigenvalue weighted by Crippen LogP contribution is 2.24. The summed E-state index contributed by atoms with van der Waals surface area (Å²) in [7, 11) is 0. The monoisotopic (exact) mass is 381 g/mol. The second kappa shape index (κ2) is 8.05. The van der Waals surface area contributed by atoms with Crippen molar-refractivity contribution in [2.24, 2.45) is 0 Å². The predicted octanol–water partition coefficient (Wildman–Crippen LogP) is 4.33. The molecule has 0 radical (unpaired) electrons. The van der Waals surface area contributed by atoms with Crippen molar-refractivity contribution in [1.29, 1.82) is 0 Å². The van der Waals surface area contributed by atoms with Crippen molar-refractivity contribution in [1.82, 2.24) is 9.88 Å². The molecule has 6 heteroatoms. The summed E-state index contributed by atoms with van der Waals surface area (Å²) in [5.74, 6) is 0.513. The number of aryl methyl sites for hydroxylation is 1. The molecular weight excluding hydrogens is 358 g/mol. The van der Waals surface area contributed by atoms with Crippen molar-refractivity contribution >= 4 is 34.5 Å². The van der Waals surface area contributed by atoms with Gasteiger partial charge in [0.25, 0.3) is 5.22 Å². The SMILES string of the molecule is Cc1ccccc1NC1CCN(C(=O)CSc2nc3ccccc3o2)CC1. The van der Waals surface area contributed by atoms with Crippen LogP contribution in [0.5, 0.6) is 0 Å². The van der Waals surface area contributed by atoms with E-state index in [0.717, 1.165) is 37.0 Å². The molecule has 1 aliphatic rings. The van der Waals surface area contributed by atoms with Crippen LogP contribution in [0.25, 0.3) is 11.1 Å². The molecule has 1 aliphatic heterocycles. The van der Waals surface area contributed by atoms with Gasteiger partial charge in [0.1, 0.15) is 5.52 Å². The minimum absolute atomic E-state index is 0.150. The number of amides is 1. The molecule has 1 fully saturated rings. The summed E-state index contributed by atoms with van der Waals surface area (Å²) < 4.78 is 5.67. The highest BCUT2D eigenvalue weighted by molar-refractivity contribution is 7.99. The third-order valence-electron chi connectivity index (χ3n) is 4.95. The molecule has 0 atom stereocenters. The molecule has 4 rings (SSSR count). The van der Waals surface area contributed by atoms with Gasteiger partial charge in [-0.1, -0.05) is 42.1 Å². The van der Waals surface area contributed by atoms with Gasteiger partial charge in [-0.05, 0) is 43.5 Å². The van der Waals surface area contributed by atoms with Gasteiger partial charge in [-0.25, -0.2) is 4.98 Å². The van der Waals surface area contributed by atoms with Gasteiger partial charge in [0.2, 0.25) is 5.91 Å². The van der Waals surface area contributed by atoms with Crippen LogP contribution in [-0.2, 0) is 4.79 Å². The number of fused-ring (bicyclic) bond motifs is 1. The predicted molar refractivity (Wildman–Crippen MR) is 109 cm³/mol. The van der Waals surface area contributed by atoms with Gasteiger partial charge in [-0.3, -0.25) is 4.79 Å². The minimum atomic E-state index is 0.150. The first-order chi connectivity index (χ1) is 13.2. The summed E-state index contributed by atoms with van der Waals surface area (Å²) in [6, 6.07) is 16.4. The molecular formula is C21H23N3O2S. The largest absolute Gasteiger partial charge is 0.431 e. The second-order valence-electron chi connectivity index (χ2n) is 6.85. The summed E-state index contributed by atoms with van der Waals surface area (Å²) in [6.45, 7) is 3.69. The van der Waals surface area contributed by atoms with E-state index in [4.69, 9.17) is 4.42 Å². The summed E-state index contributed by atoms with van der Waals surface area (Å²) in [5, 5.41) is 4.17. The summed E-state index contributed by atoms with van der Waals surface area (Å²) in [6.07, 6.45) is 1.93. The molecule has 0 spiro atoms. The molecule has 27 heavy (non-hydrogen) atoms. The smallest absolute Gasteiger partial charge is 0.257 e. The number of likely N-dealkylation sites (tertiary alicyclic amines) is 1. The highest BCUT2D eigenvalue weighted by Gasteiger charge is 2.23. The molecule has 0 bridgehead atoms. The molecule has 1 amide bonds. The number of nitrogens with one attached hydrogen (secondary N) is 1. The number of thioether (sulfide) groups is 1. The number of para-hydroxylation sites is 3. The van der Waals surface area contributed by atoms with Crippen molar-refractivity contribution in [2.75, 3.05) is 24.2 Å². The molecule has 1 N–H and O–H groups in total. The first kappa shape index (κ1) is 17.9. The molecule has 0 aliphatic carbocycles. The van der Waals surface area contributed by atoms with E-state index in [1.54, 1.807) is 0 Å². The van der Waals surface area contributed by atoms with E-state index in [0.29, 0.717) is 17.0 Å². The molecule has 140 valence electrons. The Hall–Kier alpha value is -2.47. The van der Waals surface area contributed by atoms with E-state index in [2.05, 4.69) is 41.5 Å². The normalized spacial score (nSPS) is 15.2. The molecule has 0 saturated carbocycles. The lowest BCUT2D eigenvalue weighted by Gasteiger charge is -2.33. The van der Waals surface area contributed by atoms with Crippen LogP contribution in [0, 0.1) is 6.92 Å². The Morgan fingerprint density at radius 2 is 1.93 bits per heavy atom. The number of anilines is 1. The Morgan fingerprint density at radius 3 is 2.70 bits per heavy atom. The maximum Gasteiger partial charge on any atom is 0.257 e.